The number of rotatable bonds is 5. The number of likely N-dealkylation sites (tertiary alicyclic amines) is 1. The maximum atomic E-state index is 13.0. The molecule has 4 rings (SSSR count). The van der Waals surface area contributed by atoms with Crippen LogP contribution in [0.1, 0.15) is 50.5 Å². The number of hydrogen-bond acceptors (Lipinski definition) is 2. The van der Waals surface area contributed by atoms with Crippen molar-refractivity contribution in [2.45, 2.75) is 50.5 Å². The van der Waals surface area contributed by atoms with Crippen molar-refractivity contribution < 1.29 is 9.59 Å². The molecule has 140 valence electrons. The van der Waals surface area contributed by atoms with Crippen molar-refractivity contribution in [3.63, 3.8) is 0 Å². The van der Waals surface area contributed by atoms with Gasteiger partial charge in [-0.3, -0.25) is 4.79 Å². The molecular weight excluding hydrogens is 326 g/mol. The second-order valence-corrected chi connectivity index (χ2v) is 8.35. The molecule has 1 aromatic rings. The Morgan fingerprint density at radius 2 is 1.88 bits per heavy atom. The number of urea groups is 1. The summed E-state index contributed by atoms with van der Waals surface area (Å²) in [5.74, 6) is 1.29. The molecule has 2 saturated heterocycles. The summed E-state index contributed by atoms with van der Waals surface area (Å²) in [6.45, 7) is 4.36. The zero-order valence-corrected chi connectivity index (χ0v) is 15.5. The fourth-order valence-electron chi connectivity index (χ4n) is 4.83. The maximum absolute atomic E-state index is 13.0. The monoisotopic (exact) mass is 355 g/mol. The van der Waals surface area contributed by atoms with Crippen LogP contribution in [0.4, 0.5) is 4.79 Å². The van der Waals surface area contributed by atoms with E-state index in [1.54, 1.807) is 0 Å². The minimum atomic E-state index is -0.214. The van der Waals surface area contributed by atoms with Crippen molar-refractivity contribution in [2.24, 2.45) is 11.8 Å². The zero-order chi connectivity index (χ0) is 18.1. The predicted molar refractivity (Wildman–Crippen MR) is 101 cm³/mol. The van der Waals surface area contributed by atoms with Gasteiger partial charge in [-0.1, -0.05) is 37.3 Å². The second kappa shape index (κ2) is 6.93. The topological polar surface area (TPSA) is 61.4 Å². The van der Waals surface area contributed by atoms with Gasteiger partial charge in [-0.25, -0.2) is 4.79 Å². The van der Waals surface area contributed by atoms with Gasteiger partial charge >= 0.3 is 6.03 Å². The van der Waals surface area contributed by atoms with Crippen LogP contribution in [0.5, 0.6) is 0 Å². The normalized spacial score (nSPS) is 27.7. The first kappa shape index (κ1) is 17.4. The van der Waals surface area contributed by atoms with E-state index in [-0.39, 0.29) is 23.4 Å². The van der Waals surface area contributed by atoms with E-state index in [4.69, 9.17) is 0 Å². The third-order valence-electron chi connectivity index (χ3n) is 6.46. The lowest BCUT2D eigenvalue weighted by molar-refractivity contribution is -0.136. The summed E-state index contributed by atoms with van der Waals surface area (Å²) in [7, 11) is 0. The molecule has 2 atom stereocenters. The lowest BCUT2D eigenvalue weighted by Gasteiger charge is -2.36. The summed E-state index contributed by atoms with van der Waals surface area (Å²) in [4.78, 5) is 26.7. The van der Waals surface area contributed by atoms with Gasteiger partial charge in [0.2, 0.25) is 5.91 Å². The molecule has 3 amide bonds. The molecule has 5 heteroatoms. The van der Waals surface area contributed by atoms with Crippen LogP contribution in [0.15, 0.2) is 30.3 Å². The molecule has 0 spiro atoms. The number of benzene rings is 1. The summed E-state index contributed by atoms with van der Waals surface area (Å²) in [6, 6.07) is 10.5. The third kappa shape index (κ3) is 3.44. The quantitative estimate of drug-likeness (QED) is 0.853. The van der Waals surface area contributed by atoms with Gasteiger partial charge in [0.25, 0.3) is 0 Å². The Bertz CT molecular complexity index is 665. The Morgan fingerprint density at radius 1 is 1.19 bits per heavy atom. The van der Waals surface area contributed by atoms with E-state index in [1.165, 1.54) is 5.56 Å². The number of carbonyl (C=O) groups excluding carboxylic acids is 2. The minimum absolute atomic E-state index is 0.0518. The van der Waals surface area contributed by atoms with Crippen LogP contribution in [0.2, 0.25) is 0 Å². The molecule has 0 unspecified atom stereocenters. The summed E-state index contributed by atoms with van der Waals surface area (Å²) in [6.07, 6.45) is 5.13. The molecule has 5 nitrogen and oxygen atoms in total. The zero-order valence-electron chi connectivity index (χ0n) is 15.5. The van der Waals surface area contributed by atoms with Crippen LogP contribution in [-0.2, 0) is 4.79 Å². The van der Waals surface area contributed by atoms with Crippen LogP contribution in [-0.4, -0.2) is 42.0 Å². The summed E-state index contributed by atoms with van der Waals surface area (Å²) in [5.41, 5.74) is 1.18. The van der Waals surface area contributed by atoms with Gasteiger partial charge in [0.1, 0.15) is 0 Å². The average Bonchev–Trinajstić information content (AvgIpc) is 3.47. The number of piperidine rings is 1. The van der Waals surface area contributed by atoms with Gasteiger partial charge in [0, 0.05) is 25.6 Å². The van der Waals surface area contributed by atoms with E-state index in [2.05, 4.69) is 41.0 Å². The second-order valence-electron chi connectivity index (χ2n) is 8.35. The Balaban J connectivity index is 1.34. The molecule has 2 aliphatic heterocycles. The molecular formula is C21H29N3O2. The molecule has 1 aliphatic carbocycles. The molecule has 2 N–H and O–H groups in total. The number of amides is 3. The van der Waals surface area contributed by atoms with Gasteiger partial charge in [-0.05, 0) is 49.5 Å². The SMILES string of the molecule is C[C@@H](C[C@]1(C2CC2)CNC(=O)N1)C(=O)N1CCC(c2ccccc2)CC1. The fourth-order valence-corrected chi connectivity index (χ4v) is 4.83. The van der Waals surface area contributed by atoms with Crippen LogP contribution in [0.25, 0.3) is 0 Å². The molecule has 0 bridgehead atoms. The molecule has 0 aromatic heterocycles. The predicted octanol–water partition coefficient (Wildman–Crippen LogP) is 2.88. The molecule has 2 heterocycles. The maximum Gasteiger partial charge on any atom is 0.315 e. The van der Waals surface area contributed by atoms with Crippen LogP contribution in [0, 0.1) is 11.8 Å². The first-order valence-corrected chi connectivity index (χ1v) is 9.97. The molecule has 1 aromatic carbocycles. The lowest BCUT2D eigenvalue weighted by Crippen LogP contribution is -2.50. The number of nitrogens with one attached hydrogen (secondary N) is 2. The number of carbonyl (C=O) groups is 2. The number of nitrogens with zero attached hydrogens (tertiary/aromatic N) is 1. The van der Waals surface area contributed by atoms with Crippen molar-refractivity contribution in [2.75, 3.05) is 19.6 Å². The van der Waals surface area contributed by atoms with Gasteiger partial charge < -0.3 is 15.5 Å². The smallest absolute Gasteiger partial charge is 0.315 e. The van der Waals surface area contributed by atoms with Crippen molar-refractivity contribution in [1.82, 2.24) is 15.5 Å². The summed E-state index contributed by atoms with van der Waals surface area (Å²) in [5, 5.41) is 6.03. The van der Waals surface area contributed by atoms with E-state index >= 15 is 0 Å². The van der Waals surface area contributed by atoms with E-state index in [0.717, 1.165) is 45.2 Å². The Hall–Kier alpha value is -2.04. The third-order valence-corrected chi connectivity index (χ3v) is 6.46. The highest BCUT2D eigenvalue weighted by Gasteiger charge is 2.50. The Morgan fingerprint density at radius 3 is 2.46 bits per heavy atom. The Labute approximate surface area is 155 Å². The molecule has 3 aliphatic rings. The van der Waals surface area contributed by atoms with Gasteiger partial charge in [-0.2, -0.15) is 0 Å². The highest BCUT2D eigenvalue weighted by Crippen LogP contribution is 2.44. The van der Waals surface area contributed by atoms with E-state index in [1.807, 2.05) is 11.8 Å². The molecule has 3 fully saturated rings. The van der Waals surface area contributed by atoms with Crippen molar-refractivity contribution in [1.29, 1.82) is 0 Å². The molecule has 26 heavy (non-hydrogen) atoms. The first-order chi connectivity index (χ1) is 12.6. The standard InChI is InChI=1S/C21H29N3O2/c1-15(13-21(18-7-8-18)14-22-20(26)23-21)19(25)24-11-9-17(10-12-24)16-5-3-2-4-6-16/h2-6,15,17-18H,7-14H2,1H3,(H2,22,23,26)/t15-,21+/m0/s1. The van der Waals surface area contributed by atoms with Gasteiger partial charge in [0.05, 0.1) is 5.54 Å². The summed E-state index contributed by atoms with van der Waals surface area (Å²) >= 11 is 0. The highest BCUT2D eigenvalue weighted by molar-refractivity contribution is 5.80. The van der Waals surface area contributed by atoms with E-state index in [9.17, 15) is 9.59 Å². The average molecular weight is 355 g/mol. The van der Waals surface area contributed by atoms with Crippen molar-refractivity contribution in [3.05, 3.63) is 35.9 Å². The van der Waals surface area contributed by atoms with E-state index in [0.29, 0.717) is 18.4 Å². The lowest BCUT2D eigenvalue weighted by atomic mass is 9.83. The van der Waals surface area contributed by atoms with E-state index < -0.39 is 0 Å². The van der Waals surface area contributed by atoms with Crippen LogP contribution < -0.4 is 10.6 Å². The first-order valence-electron chi connectivity index (χ1n) is 9.97. The minimum Gasteiger partial charge on any atom is -0.342 e. The Kier molecular flexibility index (Phi) is 4.63. The fraction of sp³-hybridized carbons (Fsp3) is 0.619. The van der Waals surface area contributed by atoms with Crippen LogP contribution in [0.3, 0.4) is 0 Å². The van der Waals surface area contributed by atoms with Crippen molar-refractivity contribution in [3.8, 4) is 0 Å². The molecule has 0 radical (unpaired) electrons. The largest absolute Gasteiger partial charge is 0.342 e. The summed E-state index contributed by atoms with van der Waals surface area (Å²) < 4.78 is 0. The van der Waals surface area contributed by atoms with Crippen molar-refractivity contribution >= 4 is 11.9 Å². The van der Waals surface area contributed by atoms with Crippen LogP contribution >= 0.6 is 0 Å². The van der Waals surface area contributed by atoms with Gasteiger partial charge in [-0.15, -0.1) is 0 Å². The van der Waals surface area contributed by atoms with Gasteiger partial charge in [0.15, 0.2) is 0 Å². The number of hydrogen-bond donors (Lipinski definition) is 2. The molecule has 1 saturated carbocycles. The highest BCUT2D eigenvalue weighted by atomic mass is 16.2.